The summed E-state index contributed by atoms with van der Waals surface area (Å²) in [5.41, 5.74) is 0.279. The molecular weight excluding hydrogens is 430 g/mol. The highest BCUT2D eigenvalue weighted by Gasteiger charge is 2.19. The van der Waals surface area contributed by atoms with E-state index in [0.717, 1.165) is 21.9 Å². The molecule has 0 fully saturated rings. The fourth-order valence-electron chi connectivity index (χ4n) is 3.30. The van der Waals surface area contributed by atoms with E-state index in [2.05, 4.69) is 15.3 Å². The second-order valence-corrected chi connectivity index (χ2v) is 8.77. The van der Waals surface area contributed by atoms with E-state index in [1.807, 2.05) is 38.1 Å². The molecule has 10 heteroatoms. The molecule has 0 atom stereocenters. The van der Waals surface area contributed by atoms with Crippen LogP contribution < -0.4 is 21.3 Å². The maximum atomic E-state index is 12.9. The van der Waals surface area contributed by atoms with E-state index in [-0.39, 0.29) is 23.0 Å². The Morgan fingerprint density at radius 1 is 1.22 bits per heavy atom. The summed E-state index contributed by atoms with van der Waals surface area (Å²) in [6.45, 7) is 6.41. The third kappa shape index (κ3) is 5.01. The number of ether oxygens (including phenoxy) is 1. The van der Waals surface area contributed by atoms with Crippen molar-refractivity contribution in [3.63, 3.8) is 0 Å². The van der Waals surface area contributed by atoms with Gasteiger partial charge >= 0.3 is 5.69 Å². The zero-order valence-electron chi connectivity index (χ0n) is 18.8. The van der Waals surface area contributed by atoms with Gasteiger partial charge in [-0.1, -0.05) is 43.8 Å². The van der Waals surface area contributed by atoms with Crippen molar-refractivity contribution in [2.45, 2.75) is 38.9 Å². The van der Waals surface area contributed by atoms with E-state index >= 15 is 0 Å². The van der Waals surface area contributed by atoms with Crippen molar-refractivity contribution in [3.8, 4) is 5.75 Å². The molecular formula is C22H27N5O4S. The molecule has 0 aliphatic carbocycles. The largest absolute Gasteiger partial charge is 0.496 e. The molecule has 1 N–H and O–H groups in total. The average molecular weight is 458 g/mol. The molecule has 2 heterocycles. The van der Waals surface area contributed by atoms with Gasteiger partial charge in [-0.2, -0.15) is 0 Å². The summed E-state index contributed by atoms with van der Waals surface area (Å²) in [6, 6.07) is 7.45. The summed E-state index contributed by atoms with van der Waals surface area (Å²) < 4.78 is 7.87. The number of benzene rings is 1. The number of hydrogen-bond acceptors (Lipinski definition) is 7. The predicted octanol–water partition coefficient (Wildman–Crippen LogP) is 1.87. The molecule has 3 aromatic rings. The van der Waals surface area contributed by atoms with E-state index in [4.69, 9.17) is 4.74 Å². The minimum atomic E-state index is -0.470. The molecule has 0 bridgehead atoms. The zero-order valence-corrected chi connectivity index (χ0v) is 19.7. The molecule has 0 radical (unpaired) electrons. The molecule has 0 aliphatic heterocycles. The van der Waals surface area contributed by atoms with Gasteiger partial charge in [0.2, 0.25) is 5.91 Å². The molecule has 2 aromatic heterocycles. The quantitative estimate of drug-likeness (QED) is 0.406. The standard InChI is InChI=1S/C22H27N5O4S/c1-13(2)11-27-19-18(21(29)26(4)22(27)30)20(25-14(3)24-19)32-12-17(28)23-10-15-8-6-7-9-16(15)31-5/h6-9,13H,10-12H2,1-5H3,(H,23,28). The Balaban J connectivity index is 1.87. The van der Waals surface area contributed by atoms with Gasteiger partial charge in [0.25, 0.3) is 5.56 Å². The third-order valence-corrected chi connectivity index (χ3v) is 5.79. The van der Waals surface area contributed by atoms with Gasteiger partial charge in [0.1, 0.15) is 22.0 Å². The van der Waals surface area contributed by atoms with Gasteiger partial charge in [0, 0.05) is 25.7 Å². The smallest absolute Gasteiger partial charge is 0.332 e. The second kappa shape index (κ2) is 9.99. The van der Waals surface area contributed by atoms with Crippen molar-refractivity contribution >= 4 is 28.7 Å². The predicted molar refractivity (Wildman–Crippen MR) is 124 cm³/mol. The number of nitrogens with zero attached hydrogens (tertiary/aromatic N) is 4. The van der Waals surface area contributed by atoms with Gasteiger partial charge < -0.3 is 10.1 Å². The number of fused-ring (bicyclic) bond motifs is 1. The minimum absolute atomic E-state index is 0.0627. The van der Waals surface area contributed by atoms with Crippen LogP contribution in [-0.2, 0) is 24.9 Å². The van der Waals surface area contributed by atoms with Crippen molar-refractivity contribution in [2.75, 3.05) is 12.9 Å². The molecule has 1 amide bonds. The molecule has 0 aliphatic rings. The number of amides is 1. The number of rotatable bonds is 8. The summed E-state index contributed by atoms with van der Waals surface area (Å²) >= 11 is 1.15. The number of carbonyl (C=O) groups excluding carboxylic acids is 1. The third-order valence-electron chi connectivity index (χ3n) is 4.82. The van der Waals surface area contributed by atoms with E-state index in [1.165, 1.54) is 11.6 Å². The van der Waals surface area contributed by atoms with E-state index in [9.17, 15) is 14.4 Å². The number of aromatic nitrogens is 4. The van der Waals surface area contributed by atoms with Crippen molar-refractivity contribution in [1.29, 1.82) is 0 Å². The van der Waals surface area contributed by atoms with Crippen molar-refractivity contribution in [1.82, 2.24) is 24.4 Å². The topological polar surface area (TPSA) is 108 Å². The molecule has 1 aromatic carbocycles. The first-order chi connectivity index (χ1) is 15.2. The van der Waals surface area contributed by atoms with Gasteiger partial charge in [-0.15, -0.1) is 0 Å². The van der Waals surface area contributed by atoms with Crippen LogP contribution in [0.15, 0.2) is 38.9 Å². The van der Waals surface area contributed by atoms with Crippen molar-refractivity contribution in [2.24, 2.45) is 13.0 Å². The Morgan fingerprint density at radius 3 is 2.62 bits per heavy atom. The molecule has 32 heavy (non-hydrogen) atoms. The van der Waals surface area contributed by atoms with Crippen LogP contribution in [0, 0.1) is 12.8 Å². The first-order valence-corrected chi connectivity index (χ1v) is 11.2. The van der Waals surface area contributed by atoms with Gasteiger partial charge in [0.15, 0.2) is 5.65 Å². The van der Waals surface area contributed by atoms with Crippen LogP contribution >= 0.6 is 11.8 Å². The number of nitrogens with one attached hydrogen (secondary N) is 1. The monoisotopic (exact) mass is 457 g/mol. The van der Waals surface area contributed by atoms with E-state index in [0.29, 0.717) is 35.3 Å². The highest BCUT2D eigenvalue weighted by Crippen LogP contribution is 2.23. The fourth-order valence-corrected chi connectivity index (χ4v) is 4.19. The molecule has 3 rings (SSSR count). The van der Waals surface area contributed by atoms with Crippen LogP contribution in [0.25, 0.3) is 11.0 Å². The van der Waals surface area contributed by atoms with Crippen LogP contribution in [0.2, 0.25) is 0 Å². The molecule has 170 valence electrons. The van der Waals surface area contributed by atoms with Crippen LogP contribution in [0.5, 0.6) is 5.75 Å². The van der Waals surface area contributed by atoms with Gasteiger partial charge in [-0.3, -0.25) is 18.7 Å². The molecule has 0 saturated heterocycles. The lowest BCUT2D eigenvalue weighted by molar-refractivity contribution is -0.118. The maximum Gasteiger partial charge on any atom is 0.332 e. The molecule has 0 spiro atoms. The Labute approximate surface area is 189 Å². The number of carbonyl (C=O) groups is 1. The lowest BCUT2D eigenvalue weighted by Gasteiger charge is -2.15. The SMILES string of the molecule is COc1ccccc1CNC(=O)CSc1nc(C)nc2c1c(=O)n(C)c(=O)n2CC(C)C. The van der Waals surface area contributed by atoms with E-state index < -0.39 is 11.2 Å². The minimum Gasteiger partial charge on any atom is -0.496 e. The Bertz CT molecular complexity index is 1270. The summed E-state index contributed by atoms with van der Waals surface area (Å²) in [4.78, 5) is 46.8. The normalized spacial score (nSPS) is 11.2. The summed E-state index contributed by atoms with van der Waals surface area (Å²) in [7, 11) is 3.02. The zero-order chi connectivity index (χ0) is 23.4. The number of para-hydroxylation sites is 1. The molecule has 0 saturated carbocycles. The number of aryl methyl sites for hydroxylation is 1. The van der Waals surface area contributed by atoms with Gasteiger partial charge in [-0.25, -0.2) is 14.8 Å². The van der Waals surface area contributed by atoms with Crippen LogP contribution in [-0.4, -0.2) is 37.9 Å². The highest BCUT2D eigenvalue weighted by atomic mass is 32.2. The maximum absolute atomic E-state index is 12.9. The Morgan fingerprint density at radius 2 is 1.94 bits per heavy atom. The van der Waals surface area contributed by atoms with Crippen LogP contribution in [0.3, 0.4) is 0 Å². The van der Waals surface area contributed by atoms with E-state index in [1.54, 1.807) is 14.0 Å². The second-order valence-electron chi connectivity index (χ2n) is 7.80. The molecule has 0 unspecified atom stereocenters. The van der Waals surface area contributed by atoms with Gasteiger partial charge in [0.05, 0.1) is 12.9 Å². The Kier molecular flexibility index (Phi) is 7.34. The first-order valence-electron chi connectivity index (χ1n) is 10.2. The molecule has 9 nitrogen and oxygen atoms in total. The average Bonchev–Trinajstić information content (AvgIpc) is 2.77. The summed E-state index contributed by atoms with van der Waals surface area (Å²) in [5, 5.41) is 3.50. The number of thioether (sulfide) groups is 1. The van der Waals surface area contributed by atoms with Gasteiger partial charge in [-0.05, 0) is 18.9 Å². The highest BCUT2D eigenvalue weighted by molar-refractivity contribution is 8.00. The summed E-state index contributed by atoms with van der Waals surface area (Å²) in [5.74, 6) is 1.16. The Hall–Kier alpha value is -3.14. The summed E-state index contributed by atoms with van der Waals surface area (Å²) in [6.07, 6.45) is 0. The van der Waals surface area contributed by atoms with Crippen molar-refractivity contribution in [3.05, 3.63) is 56.5 Å². The van der Waals surface area contributed by atoms with Crippen LogP contribution in [0.4, 0.5) is 0 Å². The van der Waals surface area contributed by atoms with Crippen molar-refractivity contribution < 1.29 is 9.53 Å². The fraction of sp³-hybridized carbons (Fsp3) is 0.409. The van der Waals surface area contributed by atoms with Crippen LogP contribution in [0.1, 0.15) is 25.2 Å². The number of methoxy groups -OCH3 is 1. The lowest BCUT2D eigenvalue weighted by Crippen LogP contribution is -2.39. The lowest BCUT2D eigenvalue weighted by atomic mass is 10.2. The number of hydrogen-bond donors (Lipinski definition) is 1. The first kappa shape index (κ1) is 23.5.